The third kappa shape index (κ3) is 3.55. The summed E-state index contributed by atoms with van der Waals surface area (Å²) in [5.74, 6) is 0.113. The van der Waals surface area contributed by atoms with Crippen molar-refractivity contribution in [1.29, 1.82) is 0 Å². The number of amides is 2. The van der Waals surface area contributed by atoms with Gasteiger partial charge in [0.1, 0.15) is 17.1 Å². The molecule has 0 aromatic heterocycles. The van der Waals surface area contributed by atoms with Crippen molar-refractivity contribution in [3.63, 3.8) is 0 Å². The molecule has 0 unspecified atom stereocenters. The second-order valence-corrected chi connectivity index (χ2v) is 7.27. The van der Waals surface area contributed by atoms with Gasteiger partial charge in [0, 0.05) is 43.5 Å². The van der Waals surface area contributed by atoms with Gasteiger partial charge in [-0.1, -0.05) is 0 Å². The van der Waals surface area contributed by atoms with E-state index in [-0.39, 0.29) is 16.4 Å². The molecule has 2 heterocycles. The summed E-state index contributed by atoms with van der Waals surface area (Å²) in [6.45, 7) is 12.4. The average molecular weight is 414 g/mol. The molecule has 29 heavy (non-hydrogen) atoms. The summed E-state index contributed by atoms with van der Waals surface area (Å²) in [6.07, 6.45) is 1.76. The first kappa shape index (κ1) is 21.0. The van der Waals surface area contributed by atoms with Gasteiger partial charge >= 0.3 is 0 Å². The normalized spacial score (nSPS) is 16.7. The first-order chi connectivity index (χ1) is 13.9. The monoisotopic (exact) mass is 413 g/mol. The molecule has 3 rings (SSSR count). The fourth-order valence-corrected chi connectivity index (χ4v) is 4.13. The topological polar surface area (TPSA) is 53.1 Å². The number of rotatable bonds is 5. The summed E-state index contributed by atoms with van der Waals surface area (Å²) >= 11 is 5.34. The van der Waals surface area contributed by atoms with Gasteiger partial charge in [-0.3, -0.25) is 19.4 Å². The van der Waals surface area contributed by atoms with Gasteiger partial charge in [0.2, 0.25) is 0 Å². The molecule has 2 amide bonds. The standard InChI is InChI=1S/C22H27N3O3S/c1-6-23(7-2)15-10-11-16-14(5)12-18(28-17(16)13-15)19-20(26)24(8-3)22(29)25(9-4)21(19)27/h10-13H,6-9H2,1-5H3. The van der Waals surface area contributed by atoms with Crippen LogP contribution in [0.5, 0.6) is 5.75 Å². The van der Waals surface area contributed by atoms with Crippen molar-refractivity contribution in [2.24, 2.45) is 0 Å². The van der Waals surface area contributed by atoms with E-state index in [0.717, 1.165) is 29.9 Å². The predicted octanol–water partition coefficient (Wildman–Crippen LogP) is 3.58. The summed E-state index contributed by atoms with van der Waals surface area (Å²) in [7, 11) is 0. The number of fused-ring (bicyclic) bond motifs is 1. The van der Waals surface area contributed by atoms with Crippen LogP contribution < -0.4 is 9.64 Å². The molecule has 0 atom stereocenters. The molecule has 2 aliphatic rings. The average Bonchev–Trinajstić information content (AvgIpc) is 2.69. The Morgan fingerprint density at radius 3 is 2.10 bits per heavy atom. The van der Waals surface area contributed by atoms with Gasteiger partial charge in [0.05, 0.1) is 0 Å². The van der Waals surface area contributed by atoms with E-state index in [9.17, 15) is 9.59 Å². The number of ether oxygens (including phenoxy) is 1. The number of likely N-dealkylation sites (N-methyl/N-ethyl adjacent to an activating group) is 2. The van der Waals surface area contributed by atoms with E-state index < -0.39 is 11.8 Å². The van der Waals surface area contributed by atoms with Crippen molar-refractivity contribution in [2.75, 3.05) is 31.1 Å². The Morgan fingerprint density at radius 2 is 1.59 bits per heavy atom. The Kier molecular flexibility index (Phi) is 6.07. The van der Waals surface area contributed by atoms with E-state index >= 15 is 0 Å². The number of carbonyl (C=O) groups is 2. The van der Waals surface area contributed by atoms with Crippen LogP contribution in [-0.2, 0) is 9.59 Å². The van der Waals surface area contributed by atoms with E-state index in [1.807, 2.05) is 32.9 Å². The Bertz CT molecular complexity index is 903. The second kappa shape index (κ2) is 8.37. The minimum atomic E-state index is -0.408. The van der Waals surface area contributed by atoms with E-state index in [0.29, 0.717) is 18.8 Å². The van der Waals surface area contributed by atoms with Crippen LogP contribution in [0.15, 0.2) is 35.6 Å². The van der Waals surface area contributed by atoms with E-state index in [1.54, 1.807) is 6.08 Å². The molecule has 1 saturated heterocycles. The van der Waals surface area contributed by atoms with Crippen LogP contribution in [0, 0.1) is 0 Å². The van der Waals surface area contributed by atoms with E-state index in [1.165, 1.54) is 9.80 Å². The van der Waals surface area contributed by atoms with Crippen molar-refractivity contribution in [3.8, 4) is 5.75 Å². The molecule has 0 radical (unpaired) electrons. The lowest BCUT2D eigenvalue weighted by atomic mass is 9.99. The van der Waals surface area contributed by atoms with Crippen molar-refractivity contribution in [1.82, 2.24) is 9.80 Å². The van der Waals surface area contributed by atoms with Crippen molar-refractivity contribution in [3.05, 3.63) is 41.2 Å². The first-order valence-electron chi connectivity index (χ1n) is 10.0. The van der Waals surface area contributed by atoms with Crippen molar-refractivity contribution >= 4 is 40.4 Å². The van der Waals surface area contributed by atoms with Gasteiger partial charge in [-0.2, -0.15) is 0 Å². The molecule has 0 N–H and O–H groups in total. The third-order valence-corrected chi connectivity index (χ3v) is 5.79. The number of anilines is 1. The molecule has 1 aromatic rings. The van der Waals surface area contributed by atoms with Gasteiger partial charge in [-0.05, 0) is 70.6 Å². The largest absolute Gasteiger partial charge is 0.456 e. The quantitative estimate of drug-likeness (QED) is 0.420. The minimum absolute atomic E-state index is 0.0283. The zero-order chi connectivity index (χ0) is 21.3. The molecule has 1 fully saturated rings. The van der Waals surface area contributed by atoms with Crippen molar-refractivity contribution < 1.29 is 14.3 Å². The number of nitrogens with zero attached hydrogens (tertiary/aromatic N) is 3. The smallest absolute Gasteiger partial charge is 0.269 e. The molecular weight excluding hydrogens is 386 g/mol. The van der Waals surface area contributed by atoms with E-state index in [2.05, 4.69) is 24.8 Å². The maximum Gasteiger partial charge on any atom is 0.269 e. The predicted molar refractivity (Wildman–Crippen MR) is 119 cm³/mol. The lowest BCUT2D eigenvalue weighted by Gasteiger charge is -2.36. The van der Waals surface area contributed by atoms with Crippen LogP contribution in [-0.4, -0.2) is 52.9 Å². The molecule has 1 aromatic carbocycles. The Morgan fingerprint density at radius 1 is 1.00 bits per heavy atom. The zero-order valence-corrected chi connectivity index (χ0v) is 18.4. The Labute approximate surface area is 177 Å². The lowest BCUT2D eigenvalue weighted by Crippen LogP contribution is -2.56. The highest BCUT2D eigenvalue weighted by Crippen LogP contribution is 2.37. The molecule has 0 spiro atoms. The number of hydrogen-bond acceptors (Lipinski definition) is 5. The van der Waals surface area contributed by atoms with Crippen molar-refractivity contribution in [2.45, 2.75) is 34.6 Å². The summed E-state index contributed by atoms with van der Waals surface area (Å²) in [5, 5.41) is 0.245. The number of benzene rings is 1. The van der Waals surface area contributed by atoms with Crippen LogP contribution >= 0.6 is 12.2 Å². The molecule has 0 bridgehead atoms. The highest BCUT2D eigenvalue weighted by atomic mass is 32.1. The van der Waals surface area contributed by atoms with Gasteiger partial charge < -0.3 is 9.64 Å². The SMILES string of the molecule is CCN1C(=O)C(=C2C=C(C)c3ccc(N(CC)CC)cc3O2)C(=O)N(CC)C1=S. The van der Waals surface area contributed by atoms with Crippen LogP contribution in [0.1, 0.15) is 40.2 Å². The Hall–Kier alpha value is -2.67. The molecule has 0 saturated carbocycles. The third-order valence-electron chi connectivity index (χ3n) is 5.34. The fraction of sp³-hybridized carbons (Fsp3) is 0.409. The maximum absolute atomic E-state index is 13.0. The number of thiocarbonyl (C=S) groups is 1. The molecule has 0 aliphatic carbocycles. The van der Waals surface area contributed by atoms with Gasteiger partial charge in [-0.15, -0.1) is 0 Å². The molecule has 154 valence electrons. The van der Waals surface area contributed by atoms with Crippen LogP contribution in [0.3, 0.4) is 0 Å². The fourth-order valence-electron chi connectivity index (χ4n) is 3.70. The zero-order valence-electron chi connectivity index (χ0n) is 17.6. The number of carbonyl (C=O) groups excluding carboxylic acids is 2. The summed E-state index contributed by atoms with van der Waals surface area (Å²) in [6, 6.07) is 6.06. The maximum atomic E-state index is 13.0. The highest BCUT2D eigenvalue weighted by Gasteiger charge is 2.41. The van der Waals surface area contributed by atoms with Gasteiger partial charge in [0.15, 0.2) is 5.11 Å². The van der Waals surface area contributed by atoms with Crippen LogP contribution in [0.4, 0.5) is 5.69 Å². The van der Waals surface area contributed by atoms with Gasteiger partial charge in [-0.25, -0.2) is 0 Å². The molecular formula is C22H27N3O3S. The second-order valence-electron chi connectivity index (χ2n) is 6.90. The van der Waals surface area contributed by atoms with E-state index in [4.69, 9.17) is 17.0 Å². The summed E-state index contributed by atoms with van der Waals surface area (Å²) in [4.78, 5) is 31.2. The minimum Gasteiger partial charge on any atom is -0.456 e. The molecule has 7 heteroatoms. The number of hydrogen-bond donors (Lipinski definition) is 0. The molecule has 2 aliphatic heterocycles. The summed E-state index contributed by atoms with van der Waals surface area (Å²) < 4.78 is 6.12. The first-order valence-corrected chi connectivity index (χ1v) is 10.5. The van der Waals surface area contributed by atoms with Crippen LogP contribution in [0.2, 0.25) is 0 Å². The molecule has 6 nitrogen and oxygen atoms in total. The summed E-state index contributed by atoms with van der Waals surface area (Å²) in [5.41, 5.74) is 2.97. The lowest BCUT2D eigenvalue weighted by molar-refractivity contribution is -0.133. The van der Waals surface area contributed by atoms with Crippen LogP contribution in [0.25, 0.3) is 5.57 Å². The Balaban J connectivity index is 2.11. The van der Waals surface area contributed by atoms with Gasteiger partial charge in [0.25, 0.3) is 11.8 Å². The number of allylic oxidation sites excluding steroid dienone is 2. The highest BCUT2D eigenvalue weighted by molar-refractivity contribution is 7.80.